The highest BCUT2D eigenvalue weighted by atomic mass is 16.5. The number of nitrogens with zero attached hydrogens (tertiary/aromatic N) is 2. The summed E-state index contributed by atoms with van der Waals surface area (Å²) < 4.78 is 5.69. The molecule has 2 fully saturated rings. The van der Waals surface area contributed by atoms with Gasteiger partial charge in [-0.05, 0) is 39.8 Å². The summed E-state index contributed by atoms with van der Waals surface area (Å²) in [5.41, 5.74) is 0. The van der Waals surface area contributed by atoms with Crippen LogP contribution in [0, 0.1) is 0 Å². The maximum Gasteiger partial charge on any atom is 0.248 e. The Balaban J connectivity index is 1.67. The van der Waals surface area contributed by atoms with Gasteiger partial charge in [-0.1, -0.05) is 12.8 Å². The van der Waals surface area contributed by atoms with Crippen LogP contribution in [0.15, 0.2) is 0 Å². The lowest BCUT2D eigenvalue weighted by Crippen LogP contribution is -2.45. The Morgan fingerprint density at radius 2 is 1.78 bits per heavy atom. The van der Waals surface area contributed by atoms with E-state index in [1.807, 2.05) is 4.90 Å². The summed E-state index contributed by atoms with van der Waals surface area (Å²) in [4.78, 5) is 16.2. The summed E-state index contributed by atoms with van der Waals surface area (Å²) in [5.74, 6) is 0.180. The highest BCUT2D eigenvalue weighted by molar-refractivity contribution is 5.77. The van der Waals surface area contributed by atoms with Crippen molar-refractivity contribution in [3.63, 3.8) is 0 Å². The van der Waals surface area contributed by atoms with Crippen LogP contribution in [0.25, 0.3) is 0 Å². The van der Waals surface area contributed by atoms with E-state index in [1.165, 1.54) is 12.8 Å². The minimum atomic E-state index is 0.180. The zero-order valence-electron chi connectivity index (χ0n) is 11.7. The monoisotopic (exact) mass is 254 g/mol. The Morgan fingerprint density at radius 3 is 2.33 bits per heavy atom. The van der Waals surface area contributed by atoms with Crippen LogP contribution >= 0.6 is 0 Å². The molecule has 0 N–H and O–H groups in total. The van der Waals surface area contributed by atoms with E-state index < -0.39 is 0 Å². The standard InChI is InChI=1S/C14H26N2O2/c1-15(2)12-7-9-16(10-8-12)14(17)11-18-13-5-3-4-6-13/h12-13H,3-11H2,1-2H3. The molecule has 1 saturated heterocycles. The molecule has 0 aromatic carbocycles. The maximum absolute atomic E-state index is 12.0. The Hall–Kier alpha value is -0.610. The lowest BCUT2D eigenvalue weighted by Gasteiger charge is -2.35. The molecule has 4 heteroatoms. The second-order valence-corrected chi connectivity index (χ2v) is 5.79. The van der Waals surface area contributed by atoms with Crippen LogP contribution in [0.2, 0.25) is 0 Å². The summed E-state index contributed by atoms with van der Waals surface area (Å²) in [6, 6.07) is 0.629. The van der Waals surface area contributed by atoms with E-state index in [4.69, 9.17) is 4.74 Å². The Bertz CT molecular complexity index is 267. The molecule has 0 atom stereocenters. The van der Waals surface area contributed by atoms with Crippen molar-refractivity contribution < 1.29 is 9.53 Å². The normalized spacial score (nSPS) is 22.9. The number of hydrogen-bond acceptors (Lipinski definition) is 3. The quantitative estimate of drug-likeness (QED) is 0.762. The van der Waals surface area contributed by atoms with Crippen LogP contribution in [0.5, 0.6) is 0 Å². The topological polar surface area (TPSA) is 32.8 Å². The van der Waals surface area contributed by atoms with Crippen LogP contribution in [0.3, 0.4) is 0 Å². The van der Waals surface area contributed by atoms with Gasteiger partial charge in [0.1, 0.15) is 6.61 Å². The predicted molar refractivity (Wildman–Crippen MR) is 71.5 cm³/mol. The van der Waals surface area contributed by atoms with E-state index in [2.05, 4.69) is 19.0 Å². The first-order valence-corrected chi connectivity index (χ1v) is 7.22. The van der Waals surface area contributed by atoms with Crippen molar-refractivity contribution in [1.82, 2.24) is 9.80 Å². The SMILES string of the molecule is CN(C)C1CCN(C(=O)COC2CCCC2)CC1. The fourth-order valence-electron chi connectivity index (χ4n) is 2.97. The molecule has 1 saturated carbocycles. The molecule has 1 heterocycles. The number of rotatable bonds is 4. The number of hydrogen-bond donors (Lipinski definition) is 0. The molecule has 0 unspecified atom stereocenters. The highest BCUT2D eigenvalue weighted by Gasteiger charge is 2.24. The Labute approximate surface area is 110 Å². The first-order chi connectivity index (χ1) is 8.66. The molecule has 1 aliphatic heterocycles. The number of ether oxygens (including phenoxy) is 1. The fraction of sp³-hybridized carbons (Fsp3) is 0.929. The molecular weight excluding hydrogens is 228 g/mol. The molecule has 1 amide bonds. The zero-order valence-corrected chi connectivity index (χ0v) is 11.7. The van der Waals surface area contributed by atoms with Gasteiger partial charge in [-0.3, -0.25) is 4.79 Å². The van der Waals surface area contributed by atoms with Crippen LogP contribution in [0.1, 0.15) is 38.5 Å². The van der Waals surface area contributed by atoms with E-state index in [-0.39, 0.29) is 12.5 Å². The molecule has 18 heavy (non-hydrogen) atoms. The summed E-state index contributed by atoms with van der Waals surface area (Å²) in [6.45, 7) is 2.06. The van der Waals surface area contributed by atoms with Crippen molar-refractivity contribution in [1.29, 1.82) is 0 Å². The van der Waals surface area contributed by atoms with Crippen molar-refractivity contribution in [3.8, 4) is 0 Å². The number of carbonyl (C=O) groups is 1. The first-order valence-electron chi connectivity index (χ1n) is 7.22. The van der Waals surface area contributed by atoms with Crippen LogP contribution in [-0.2, 0) is 9.53 Å². The number of piperidine rings is 1. The van der Waals surface area contributed by atoms with Gasteiger partial charge in [0.15, 0.2) is 0 Å². The highest BCUT2D eigenvalue weighted by Crippen LogP contribution is 2.21. The number of amides is 1. The van der Waals surface area contributed by atoms with E-state index in [9.17, 15) is 4.79 Å². The minimum Gasteiger partial charge on any atom is -0.368 e. The molecule has 1 aliphatic carbocycles. The van der Waals surface area contributed by atoms with Gasteiger partial charge >= 0.3 is 0 Å². The van der Waals surface area contributed by atoms with Crippen molar-refractivity contribution in [2.24, 2.45) is 0 Å². The van der Waals surface area contributed by atoms with Gasteiger partial charge in [-0.2, -0.15) is 0 Å². The van der Waals surface area contributed by atoms with E-state index in [1.54, 1.807) is 0 Å². The summed E-state index contributed by atoms with van der Waals surface area (Å²) >= 11 is 0. The van der Waals surface area contributed by atoms with E-state index in [0.717, 1.165) is 38.8 Å². The van der Waals surface area contributed by atoms with Gasteiger partial charge < -0.3 is 14.5 Å². The van der Waals surface area contributed by atoms with Gasteiger partial charge in [-0.25, -0.2) is 0 Å². The molecule has 4 nitrogen and oxygen atoms in total. The third kappa shape index (κ3) is 3.69. The van der Waals surface area contributed by atoms with Gasteiger partial charge in [0, 0.05) is 19.1 Å². The summed E-state index contributed by atoms with van der Waals surface area (Å²) in [6.07, 6.45) is 7.30. The maximum atomic E-state index is 12.0. The smallest absolute Gasteiger partial charge is 0.248 e. The van der Waals surface area contributed by atoms with E-state index >= 15 is 0 Å². The molecular formula is C14H26N2O2. The molecule has 2 aliphatic rings. The van der Waals surface area contributed by atoms with Gasteiger partial charge in [0.2, 0.25) is 5.91 Å². The summed E-state index contributed by atoms with van der Waals surface area (Å²) in [5, 5.41) is 0. The van der Waals surface area contributed by atoms with Crippen molar-refractivity contribution in [2.75, 3.05) is 33.8 Å². The van der Waals surface area contributed by atoms with Crippen LogP contribution in [0.4, 0.5) is 0 Å². The third-order valence-electron chi connectivity index (χ3n) is 4.29. The van der Waals surface area contributed by atoms with Crippen molar-refractivity contribution >= 4 is 5.91 Å². The minimum absolute atomic E-state index is 0.180. The van der Waals surface area contributed by atoms with Crippen molar-refractivity contribution in [3.05, 3.63) is 0 Å². The largest absolute Gasteiger partial charge is 0.368 e. The van der Waals surface area contributed by atoms with Crippen LogP contribution in [-0.4, -0.2) is 61.6 Å². The first kappa shape index (κ1) is 13.8. The number of likely N-dealkylation sites (tertiary alicyclic amines) is 1. The number of carbonyl (C=O) groups excluding carboxylic acids is 1. The van der Waals surface area contributed by atoms with Gasteiger partial charge in [0.05, 0.1) is 6.10 Å². The molecule has 0 aromatic rings. The lowest BCUT2D eigenvalue weighted by molar-refractivity contribution is -0.139. The lowest BCUT2D eigenvalue weighted by atomic mass is 10.0. The third-order valence-corrected chi connectivity index (χ3v) is 4.29. The average Bonchev–Trinajstić information content (AvgIpc) is 2.89. The molecule has 0 bridgehead atoms. The van der Waals surface area contributed by atoms with Gasteiger partial charge in [0.25, 0.3) is 0 Å². The fourth-order valence-corrected chi connectivity index (χ4v) is 2.97. The summed E-state index contributed by atoms with van der Waals surface area (Å²) in [7, 11) is 4.23. The van der Waals surface area contributed by atoms with Gasteiger partial charge in [-0.15, -0.1) is 0 Å². The average molecular weight is 254 g/mol. The molecule has 2 rings (SSSR count). The van der Waals surface area contributed by atoms with Crippen molar-refractivity contribution in [2.45, 2.75) is 50.7 Å². The molecule has 104 valence electrons. The molecule has 0 spiro atoms. The molecule has 0 radical (unpaired) electrons. The Morgan fingerprint density at radius 1 is 1.17 bits per heavy atom. The second-order valence-electron chi connectivity index (χ2n) is 5.79. The zero-order chi connectivity index (χ0) is 13.0. The predicted octanol–water partition coefficient (Wildman–Crippen LogP) is 1.50. The Kier molecular flexibility index (Phi) is 5.01. The van der Waals surface area contributed by atoms with Crippen LogP contribution < -0.4 is 0 Å². The second kappa shape index (κ2) is 6.53. The van der Waals surface area contributed by atoms with E-state index in [0.29, 0.717) is 12.1 Å². The molecule has 0 aromatic heterocycles.